The van der Waals surface area contributed by atoms with Crippen molar-refractivity contribution in [2.24, 2.45) is 0 Å². The second kappa shape index (κ2) is 12.6. The lowest BCUT2D eigenvalue weighted by Crippen LogP contribution is -2.60. The van der Waals surface area contributed by atoms with Gasteiger partial charge in [0.05, 0.1) is 6.61 Å². The fourth-order valence-corrected chi connectivity index (χ4v) is 3.37. The summed E-state index contributed by atoms with van der Waals surface area (Å²) in [5, 5.41) is -0.504. The third-order valence-corrected chi connectivity index (χ3v) is 4.65. The standard InChI is InChI=1S/C18H31BrO7/c1-5-7-9-22-11-14-15(24-12(3)20)16(25-13(4)21)17(18(19)26-14)23-10-8-6-2/h14-18H,5-11H2,1-4H3/t14?,15-,16?,17?,18-/m0/s1. The summed E-state index contributed by atoms with van der Waals surface area (Å²) in [6.45, 7) is 8.08. The normalized spacial score (nSPS) is 28.6. The summed E-state index contributed by atoms with van der Waals surface area (Å²) >= 11 is 3.46. The van der Waals surface area contributed by atoms with Crippen molar-refractivity contribution < 1.29 is 33.3 Å². The molecule has 0 aromatic heterocycles. The molecule has 0 saturated carbocycles. The quantitative estimate of drug-likeness (QED) is 0.278. The van der Waals surface area contributed by atoms with Crippen molar-refractivity contribution in [3.63, 3.8) is 0 Å². The fraction of sp³-hybridized carbons (Fsp3) is 0.889. The van der Waals surface area contributed by atoms with Crippen LogP contribution in [0.3, 0.4) is 0 Å². The summed E-state index contributed by atoms with van der Waals surface area (Å²) < 4.78 is 28.4. The van der Waals surface area contributed by atoms with Crippen LogP contribution < -0.4 is 0 Å². The summed E-state index contributed by atoms with van der Waals surface area (Å²) in [6.07, 6.45) is 1.08. The molecule has 0 aliphatic carbocycles. The van der Waals surface area contributed by atoms with Crippen LogP contribution in [0, 0.1) is 0 Å². The van der Waals surface area contributed by atoms with Crippen molar-refractivity contribution in [2.45, 2.75) is 82.8 Å². The van der Waals surface area contributed by atoms with Crippen LogP contribution in [0.4, 0.5) is 0 Å². The Hall–Kier alpha value is -0.700. The van der Waals surface area contributed by atoms with Crippen LogP contribution in [-0.2, 0) is 33.3 Å². The smallest absolute Gasteiger partial charge is 0.303 e. The molecule has 1 saturated heterocycles. The van der Waals surface area contributed by atoms with Crippen molar-refractivity contribution >= 4 is 27.9 Å². The van der Waals surface area contributed by atoms with E-state index in [-0.39, 0.29) is 6.61 Å². The van der Waals surface area contributed by atoms with Crippen molar-refractivity contribution in [1.29, 1.82) is 0 Å². The zero-order chi connectivity index (χ0) is 19.5. The highest BCUT2D eigenvalue weighted by atomic mass is 79.9. The highest BCUT2D eigenvalue weighted by Crippen LogP contribution is 2.31. The van der Waals surface area contributed by atoms with Crippen LogP contribution in [0.5, 0.6) is 0 Å². The van der Waals surface area contributed by atoms with E-state index in [1.165, 1.54) is 13.8 Å². The van der Waals surface area contributed by atoms with E-state index >= 15 is 0 Å². The Morgan fingerprint density at radius 3 is 2.08 bits per heavy atom. The van der Waals surface area contributed by atoms with E-state index in [0.717, 1.165) is 25.7 Å². The van der Waals surface area contributed by atoms with E-state index in [4.69, 9.17) is 23.7 Å². The van der Waals surface area contributed by atoms with E-state index in [2.05, 4.69) is 29.8 Å². The van der Waals surface area contributed by atoms with Crippen molar-refractivity contribution in [2.75, 3.05) is 19.8 Å². The van der Waals surface area contributed by atoms with E-state index in [0.29, 0.717) is 13.2 Å². The van der Waals surface area contributed by atoms with Gasteiger partial charge in [0.2, 0.25) is 0 Å². The van der Waals surface area contributed by atoms with E-state index < -0.39 is 41.4 Å². The number of unbranched alkanes of at least 4 members (excludes halogenated alkanes) is 2. The van der Waals surface area contributed by atoms with Gasteiger partial charge in [0, 0.05) is 27.1 Å². The van der Waals surface area contributed by atoms with E-state index in [1.807, 2.05) is 0 Å². The first-order valence-electron chi connectivity index (χ1n) is 9.24. The van der Waals surface area contributed by atoms with E-state index in [9.17, 15) is 9.59 Å². The first kappa shape index (κ1) is 23.3. The molecule has 0 N–H and O–H groups in total. The molecule has 7 nitrogen and oxygen atoms in total. The molecule has 0 aromatic carbocycles. The molecule has 8 heteroatoms. The molecule has 0 spiro atoms. The number of hydrogen-bond donors (Lipinski definition) is 0. The van der Waals surface area contributed by atoms with Crippen molar-refractivity contribution in [1.82, 2.24) is 0 Å². The van der Waals surface area contributed by atoms with Gasteiger partial charge in [-0.05, 0) is 12.8 Å². The minimum Gasteiger partial charge on any atom is -0.456 e. The Morgan fingerprint density at radius 1 is 0.923 bits per heavy atom. The highest BCUT2D eigenvalue weighted by molar-refractivity contribution is 9.09. The number of hydrogen-bond acceptors (Lipinski definition) is 7. The Morgan fingerprint density at radius 2 is 1.50 bits per heavy atom. The zero-order valence-corrected chi connectivity index (χ0v) is 17.7. The number of rotatable bonds is 11. The molecule has 0 radical (unpaired) electrons. The maximum atomic E-state index is 11.6. The molecule has 3 unspecified atom stereocenters. The summed E-state index contributed by atoms with van der Waals surface area (Å²) in [4.78, 5) is 23.2. The molecule has 5 atom stereocenters. The van der Waals surface area contributed by atoms with Gasteiger partial charge in [0.15, 0.2) is 12.2 Å². The minimum atomic E-state index is -0.793. The fourth-order valence-electron chi connectivity index (χ4n) is 2.64. The number of halogens is 1. The third-order valence-electron chi connectivity index (χ3n) is 3.91. The largest absolute Gasteiger partial charge is 0.456 e. The van der Waals surface area contributed by atoms with Crippen LogP contribution in [0.1, 0.15) is 53.4 Å². The molecule has 26 heavy (non-hydrogen) atoms. The maximum Gasteiger partial charge on any atom is 0.303 e. The van der Waals surface area contributed by atoms with Crippen molar-refractivity contribution in [3.8, 4) is 0 Å². The Bertz CT molecular complexity index is 432. The number of esters is 2. The molecule has 1 aliphatic heterocycles. The number of ether oxygens (including phenoxy) is 5. The molecule has 1 heterocycles. The van der Waals surface area contributed by atoms with Gasteiger partial charge in [0.1, 0.15) is 17.2 Å². The van der Waals surface area contributed by atoms with Gasteiger partial charge in [-0.25, -0.2) is 0 Å². The van der Waals surface area contributed by atoms with Gasteiger partial charge in [-0.1, -0.05) is 42.6 Å². The van der Waals surface area contributed by atoms with Gasteiger partial charge < -0.3 is 23.7 Å². The summed E-state index contributed by atoms with van der Waals surface area (Å²) in [6, 6.07) is 0. The average molecular weight is 439 g/mol. The molecule has 1 fully saturated rings. The summed E-state index contributed by atoms with van der Waals surface area (Å²) in [7, 11) is 0. The van der Waals surface area contributed by atoms with Gasteiger partial charge in [0.25, 0.3) is 0 Å². The second-order valence-electron chi connectivity index (χ2n) is 6.29. The van der Waals surface area contributed by atoms with Crippen molar-refractivity contribution in [3.05, 3.63) is 0 Å². The Balaban J connectivity index is 2.92. The predicted octanol–water partition coefficient (Wildman–Crippen LogP) is 2.97. The zero-order valence-electron chi connectivity index (χ0n) is 16.1. The second-order valence-corrected chi connectivity index (χ2v) is 7.19. The van der Waals surface area contributed by atoms with Crippen LogP contribution >= 0.6 is 15.9 Å². The minimum absolute atomic E-state index is 0.236. The predicted molar refractivity (Wildman–Crippen MR) is 99.1 cm³/mol. The van der Waals surface area contributed by atoms with Crippen LogP contribution in [0.25, 0.3) is 0 Å². The van der Waals surface area contributed by atoms with Crippen LogP contribution in [0.2, 0.25) is 0 Å². The Kier molecular flexibility index (Phi) is 11.4. The summed E-state index contributed by atoms with van der Waals surface area (Å²) in [5.41, 5.74) is 0. The highest BCUT2D eigenvalue weighted by Gasteiger charge is 2.49. The molecule has 0 bridgehead atoms. The number of carbonyl (C=O) groups is 2. The third kappa shape index (κ3) is 7.90. The van der Waals surface area contributed by atoms with Gasteiger partial charge in [-0.3, -0.25) is 9.59 Å². The lowest BCUT2D eigenvalue weighted by Gasteiger charge is -2.43. The number of alkyl halides is 1. The van der Waals surface area contributed by atoms with E-state index in [1.54, 1.807) is 0 Å². The first-order valence-corrected chi connectivity index (χ1v) is 10.2. The first-order chi connectivity index (χ1) is 12.4. The molecule has 1 aliphatic rings. The molecular formula is C18H31BrO7. The lowest BCUT2D eigenvalue weighted by atomic mass is 9.99. The van der Waals surface area contributed by atoms with Gasteiger partial charge in [-0.2, -0.15) is 0 Å². The average Bonchev–Trinajstić information content (AvgIpc) is 2.56. The monoisotopic (exact) mass is 438 g/mol. The molecule has 1 rings (SSSR count). The Labute approximate surface area is 164 Å². The topological polar surface area (TPSA) is 80.3 Å². The number of carbonyl (C=O) groups excluding carboxylic acids is 2. The SMILES string of the molecule is CCCCOCC1O[C@H](Br)C(OCCCC)C(OC(C)=O)[C@H]1OC(C)=O. The lowest BCUT2D eigenvalue weighted by molar-refractivity contribution is -0.239. The molecule has 152 valence electrons. The van der Waals surface area contributed by atoms with Crippen LogP contribution in [-0.4, -0.2) is 61.2 Å². The maximum absolute atomic E-state index is 11.6. The molecule has 0 amide bonds. The van der Waals surface area contributed by atoms with Gasteiger partial charge in [-0.15, -0.1) is 0 Å². The van der Waals surface area contributed by atoms with Crippen LogP contribution in [0.15, 0.2) is 0 Å². The summed E-state index contributed by atoms with van der Waals surface area (Å²) in [5.74, 6) is -0.946. The molecular weight excluding hydrogens is 408 g/mol. The van der Waals surface area contributed by atoms with Gasteiger partial charge >= 0.3 is 11.9 Å². The molecule has 0 aromatic rings.